The van der Waals surface area contributed by atoms with E-state index in [0.717, 1.165) is 27.9 Å². The van der Waals surface area contributed by atoms with Crippen LogP contribution < -0.4 is 0 Å². The lowest BCUT2D eigenvalue weighted by atomic mass is 10.0. The molecule has 0 radical (unpaired) electrons. The molecule has 22 heavy (non-hydrogen) atoms. The standard InChI is InChI=1S/C18H18N2O2/c1-12-6-4-8-15-16(10-13(2)19-17(12)15)18(21)20(3)11-14-7-5-9-22-14/h4-10H,11H2,1-3H3. The molecule has 0 unspecified atom stereocenters. The van der Waals surface area contributed by atoms with E-state index >= 15 is 0 Å². The topological polar surface area (TPSA) is 46.3 Å². The number of fused-ring (bicyclic) bond motifs is 1. The molecule has 0 aliphatic rings. The van der Waals surface area contributed by atoms with E-state index in [2.05, 4.69) is 4.98 Å². The highest BCUT2D eigenvalue weighted by Gasteiger charge is 2.17. The molecule has 0 atom stereocenters. The monoisotopic (exact) mass is 294 g/mol. The summed E-state index contributed by atoms with van der Waals surface area (Å²) in [4.78, 5) is 19.0. The highest BCUT2D eigenvalue weighted by Crippen LogP contribution is 2.23. The molecule has 4 heteroatoms. The lowest BCUT2D eigenvalue weighted by Gasteiger charge is -2.17. The third-order valence-electron chi connectivity index (χ3n) is 3.72. The molecule has 0 saturated heterocycles. The number of carbonyl (C=O) groups is 1. The fourth-order valence-electron chi connectivity index (χ4n) is 2.61. The predicted octanol–water partition coefficient (Wildman–Crippen LogP) is 3.72. The van der Waals surface area contributed by atoms with Crippen LogP contribution in [0.3, 0.4) is 0 Å². The average Bonchev–Trinajstić information content (AvgIpc) is 2.99. The SMILES string of the molecule is Cc1cc(C(=O)N(C)Cc2ccco2)c2cccc(C)c2n1. The van der Waals surface area contributed by atoms with Crippen molar-refractivity contribution in [2.24, 2.45) is 0 Å². The van der Waals surface area contributed by atoms with Gasteiger partial charge in [0.15, 0.2) is 0 Å². The zero-order valence-corrected chi connectivity index (χ0v) is 13.0. The molecule has 112 valence electrons. The van der Waals surface area contributed by atoms with Crippen molar-refractivity contribution in [2.45, 2.75) is 20.4 Å². The van der Waals surface area contributed by atoms with E-state index in [4.69, 9.17) is 4.42 Å². The van der Waals surface area contributed by atoms with E-state index in [1.54, 1.807) is 18.2 Å². The second-order valence-electron chi connectivity index (χ2n) is 5.52. The summed E-state index contributed by atoms with van der Waals surface area (Å²) in [5, 5.41) is 0.891. The maximum Gasteiger partial charge on any atom is 0.254 e. The Morgan fingerprint density at radius 3 is 2.77 bits per heavy atom. The Morgan fingerprint density at radius 2 is 2.05 bits per heavy atom. The summed E-state index contributed by atoms with van der Waals surface area (Å²) in [5.41, 5.74) is 3.48. The van der Waals surface area contributed by atoms with Crippen LogP contribution in [0, 0.1) is 13.8 Å². The smallest absolute Gasteiger partial charge is 0.254 e. The summed E-state index contributed by atoms with van der Waals surface area (Å²) < 4.78 is 5.31. The van der Waals surface area contributed by atoms with Crippen LogP contribution in [0.15, 0.2) is 47.1 Å². The van der Waals surface area contributed by atoms with Crippen molar-refractivity contribution in [1.82, 2.24) is 9.88 Å². The fraction of sp³-hybridized carbons (Fsp3) is 0.222. The Balaban J connectivity index is 2.02. The number of carbonyl (C=O) groups excluding carboxylic acids is 1. The molecular weight excluding hydrogens is 276 g/mol. The molecule has 0 aliphatic heterocycles. The third kappa shape index (κ3) is 2.60. The van der Waals surface area contributed by atoms with Gasteiger partial charge in [0.1, 0.15) is 5.76 Å². The van der Waals surface area contributed by atoms with Gasteiger partial charge in [0.25, 0.3) is 5.91 Å². The van der Waals surface area contributed by atoms with Gasteiger partial charge >= 0.3 is 0 Å². The van der Waals surface area contributed by atoms with E-state index in [1.165, 1.54) is 0 Å². The van der Waals surface area contributed by atoms with Gasteiger partial charge in [0.05, 0.1) is 23.9 Å². The molecule has 0 saturated carbocycles. The molecule has 0 bridgehead atoms. The number of para-hydroxylation sites is 1. The van der Waals surface area contributed by atoms with E-state index < -0.39 is 0 Å². The number of rotatable bonds is 3. The van der Waals surface area contributed by atoms with E-state index in [-0.39, 0.29) is 5.91 Å². The van der Waals surface area contributed by atoms with Crippen molar-refractivity contribution in [1.29, 1.82) is 0 Å². The highest BCUT2D eigenvalue weighted by molar-refractivity contribution is 6.06. The summed E-state index contributed by atoms with van der Waals surface area (Å²) in [6, 6.07) is 11.5. The maximum absolute atomic E-state index is 12.8. The Hall–Kier alpha value is -2.62. The molecule has 4 nitrogen and oxygen atoms in total. The van der Waals surface area contributed by atoms with Gasteiger partial charge in [-0.1, -0.05) is 18.2 Å². The van der Waals surface area contributed by atoms with Crippen LogP contribution in [0.2, 0.25) is 0 Å². The second-order valence-corrected chi connectivity index (χ2v) is 5.52. The second kappa shape index (κ2) is 5.64. The minimum atomic E-state index is -0.0301. The third-order valence-corrected chi connectivity index (χ3v) is 3.72. The predicted molar refractivity (Wildman–Crippen MR) is 85.7 cm³/mol. The molecule has 3 rings (SSSR count). The zero-order valence-electron chi connectivity index (χ0n) is 13.0. The maximum atomic E-state index is 12.8. The number of furan rings is 1. The van der Waals surface area contributed by atoms with Crippen LogP contribution in [-0.2, 0) is 6.54 Å². The quantitative estimate of drug-likeness (QED) is 0.739. The molecule has 1 aromatic carbocycles. The summed E-state index contributed by atoms with van der Waals surface area (Å²) in [5.74, 6) is 0.736. The van der Waals surface area contributed by atoms with Crippen LogP contribution in [0.25, 0.3) is 10.9 Å². The van der Waals surface area contributed by atoms with Crippen LogP contribution in [0.4, 0.5) is 0 Å². The van der Waals surface area contributed by atoms with Gasteiger partial charge in [-0.05, 0) is 37.6 Å². The van der Waals surface area contributed by atoms with Gasteiger partial charge in [0, 0.05) is 18.1 Å². The van der Waals surface area contributed by atoms with Gasteiger partial charge in [0.2, 0.25) is 0 Å². The Morgan fingerprint density at radius 1 is 1.23 bits per heavy atom. The molecule has 0 fully saturated rings. The first-order valence-corrected chi connectivity index (χ1v) is 7.21. The first-order valence-electron chi connectivity index (χ1n) is 7.21. The van der Waals surface area contributed by atoms with Gasteiger partial charge in [-0.15, -0.1) is 0 Å². The fourth-order valence-corrected chi connectivity index (χ4v) is 2.61. The summed E-state index contributed by atoms with van der Waals surface area (Å²) in [6.07, 6.45) is 1.61. The highest BCUT2D eigenvalue weighted by atomic mass is 16.3. The molecule has 0 spiro atoms. The average molecular weight is 294 g/mol. The number of aromatic nitrogens is 1. The van der Waals surface area contributed by atoms with Crippen molar-refractivity contribution in [2.75, 3.05) is 7.05 Å². The van der Waals surface area contributed by atoms with Crippen LogP contribution in [0.5, 0.6) is 0 Å². The van der Waals surface area contributed by atoms with Gasteiger partial charge in [-0.2, -0.15) is 0 Å². The Kier molecular flexibility index (Phi) is 3.67. The summed E-state index contributed by atoms with van der Waals surface area (Å²) in [6.45, 7) is 4.37. The molecule has 0 aliphatic carbocycles. The lowest BCUT2D eigenvalue weighted by Crippen LogP contribution is -2.26. The van der Waals surface area contributed by atoms with Crippen molar-refractivity contribution in [3.8, 4) is 0 Å². The van der Waals surface area contributed by atoms with Crippen LogP contribution in [0.1, 0.15) is 27.4 Å². The van der Waals surface area contributed by atoms with Crippen molar-refractivity contribution in [3.63, 3.8) is 0 Å². The normalized spacial score (nSPS) is 10.9. The molecule has 2 heterocycles. The largest absolute Gasteiger partial charge is 0.467 e. The Bertz CT molecular complexity index is 822. The van der Waals surface area contributed by atoms with Gasteiger partial charge < -0.3 is 9.32 Å². The molecule has 2 aromatic heterocycles. The number of nitrogens with zero attached hydrogens (tertiary/aromatic N) is 2. The van der Waals surface area contributed by atoms with E-state index in [9.17, 15) is 4.79 Å². The minimum absolute atomic E-state index is 0.0301. The number of hydrogen-bond acceptors (Lipinski definition) is 3. The van der Waals surface area contributed by atoms with Gasteiger partial charge in [-0.3, -0.25) is 9.78 Å². The van der Waals surface area contributed by atoms with Crippen molar-refractivity contribution in [3.05, 3.63) is 65.2 Å². The molecule has 3 aromatic rings. The van der Waals surface area contributed by atoms with Crippen LogP contribution in [-0.4, -0.2) is 22.8 Å². The first kappa shape index (κ1) is 14.3. The van der Waals surface area contributed by atoms with Gasteiger partial charge in [-0.25, -0.2) is 0 Å². The number of pyridine rings is 1. The summed E-state index contributed by atoms with van der Waals surface area (Å²) >= 11 is 0. The number of aryl methyl sites for hydroxylation is 2. The zero-order chi connectivity index (χ0) is 15.7. The van der Waals surface area contributed by atoms with Crippen molar-refractivity contribution < 1.29 is 9.21 Å². The van der Waals surface area contributed by atoms with Crippen molar-refractivity contribution >= 4 is 16.8 Å². The first-order chi connectivity index (χ1) is 10.6. The summed E-state index contributed by atoms with van der Waals surface area (Å²) in [7, 11) is 1.78. The number of amides is 1. The van der Waals surface area contributed by atoms with Crippen LogP contribution >= 0.6 is 0 Å². The Labute approximate surface area is 129 Å². The van der Waals surface area contributed by atoms with E-state index in [1.807, 2.05) is 50.2 Å². The lowest BCUT2D eigenvalue weighted by molar-refractivity contribution is 0.0777. The number of hydrogen-bond donors (Lipinski definition) is 0. The minimum Gasteiger partial charge on any atom is -0.467 e. The number of benzene rings is 1. The molecular formula is C18H18N2O2. The van der Waals surface area contributed by atoms with E-state index in [0.29, 0.717) is 12.1 Å². The molecule has 1 amide bonds. The molecule has 0 N–H and O–H groups in total.